The number of carbonyl (C=O) groups excluding carboxylic acids is 1. The highest BCUT2D eigenvalue weighted by Crippen LogP contribution is 2.23. The number of aromatic amines is 1. The zero-order valence-corrected chi connectivity index (χ0v) is 11.2. The first-order valence-electron chi connectivity index (χ1n) is 5.97. The Hall–Kier alpha value is -0.810. The van der Waals surface area contributed by atoms with E-state index in [-0.39, 0.29) is 17.9 Å². The Balaban J connectivity index is 1.83. The van der Waals surface area contributed by atoms with Gasteiger partial charge in [-0.05, 0) is 34.8 Å². The lowest BCUT2D eigenvalue weighted by Crippen LogP contribution is -2.36. The zero-order valence-electron chi connectivity index (χ0n) is 9.58. The van der Waals surface area contributed by atoms with E-state index in [4.69, 9.17) is 0 Å². The van der Waals surface area contributed by atoms with Gasteiger partial charge in [-0.2, -0.15) is 0 Å². The number of nitrogens with one attached hydrogen (secondary N) is 2. The molecule has 1 saturated carbocycles. The Morgan fingerprint density at radius 3 is 2.94 bits per heavy atom. The van der Waals surface area contributed by atoms with Gasteiger partial charge in [-0.3, -0.25) is 4.79 Å². The molecule has 17 heavy (non-hydrogen) atoms. The van der Waals surface area contributed by atoms with Crippen molar-refractivity contribution in [2.75, 3.05) is 6.54 Å². The number of rotatable bonds is 3. The van der Waals surface area contributed by atoms with Gasteiger partial charge in [-0.25, -0.2) is 0 Å². The van der Waals surface area contributed by atoms with Gasteiger partial charge < -0.3 is 15.4 Å². The second-order valence-corrected chi connectivity index (χ2v) is 5.47. The summed E-state index contributed by atoms with van der Waals surface area (Å²) < 4.78 is 0.861. The molecule has 0 spiro atoms. The molecular weight excluding hydrogens is 284 g/mol. The summed E-state index contributed by atoms with van der Waals surface area (Å²) in [7, 11) is 0. The fourth-order valence-electron chi connectivity index (χ4n) is 2.24. The quantitative estimate of drug-likeness (QED) is 0.800. The van der Waals surface area contributed by atoms with Crippen LogP contribution in [0.4, 0.5) is 0 Å². The summed E-state index contributed by atoms with van der Waals surface area (Å²) >= 11 is 3.29. The molecule has 0 aliphatic heterocycles. The number of amides is 1. The van der Waals surface area contributed by atoms with Gasteiger partial charge in [-0.15, -0.1) is 0 Å². The van der Waals surface area contributed by atoms with Crippen LogP contribution in [0.15, 0.2) is 16.7 Å². The van der Waals surface area contributed by atoms with Crippen molar-refractivity contribution in [3.63, 3.8) is 0 Å². The average Bonchev–Trinajstić information content (AvgIpc) is 2.74. The smallest absolute Gasteiger partial charge is 0.267 e. The zero-order chi connectivity index (χ0) is 12.3. The van der Waals surface area contributed by atoms with Crippen LogP contribution in [-0.2, 0) is 0 Å². The number of H-pyrrole nitrogens is 1. The molecule has 0 bridgehead atoms. The monoisotopic (exact) mass is 300 g/mol. The van der Waals surface area contributed by atoms with Crippen molar-refractivity contribution < 1.29 is 9.90 Å². The predicted molar refractivity (Wildman–Crippen MR) is 68.8 cm³/mol. The van der Waals surface area contributed by atoms with Crippen molar-refractivity contribution in [2.45, 2.75) is 31.8 Å². The number of halogens is 1. The average molecular weight is 301 g/mol. The number of hydrogen-bond donors (Lipinski definition) is 3. The van der Waals surface area contributed by atoms with E-state index in [1.54, 1.807) is 12.3 Å². The minimum atomic E-state index is -0.264. The van der Waals surface area contributed by atoms with Gasteiger partial charge in [0.05, 0.1) is 6.10 Å². The van der Waals surface area contributed by atoms with Crippen molar-refractivity contribution in [1.29, 1.82) is 0 Å². The van der Waals surface area contributed by atoms with Gasteiger partial charge in [0.15, 0.2) is 0 Å². The summed E-state index contributed by atoms with van der Waals surface area (Å²) in [5.41, 5.74) is 0.544. The molecule has 1 aliphatic carbocycles. The second-order valence-electron chi connectivity index (χ2n) is 4.55. The first-order valence-corrected chi connectivity index (χ1v) is 6.76. The molecule has 3 N–H and O–H groups in total. The van der Waals surface area contributed by atoms with Gasteiger partial charge in [0.1, 0.15) is 5.69 Å². The number of carbonyl (C=O) groups is 1. The van der Waals surface area contributed by atoms with Crippen LogP contribution in [0.3, 0.4) is 0 Å². The fraction of sp³-hybridized carbons (Fsp3) is 0.583. The highest BCUT2D eigenvalue weighted by Gasteiger charge is 2.23. The minimum Gasteiger partial charge on any atom is -0.393 e. The Morgan fingerprint density at radius 1 is 1.53 bits per heavy atom. The highest BCUT2D eigenvalue weighted by molar-refractivity contribution is 9.10. The largest absolute Gasteiger partial charge is 0.393 e. The molecule has 94 valence electrons. The van der Waals surface area contributed by atoms with Crippen LogP contribution >= 0.6 is 15.9 Å². The van der Waals surface area contributed by atoms with Crippen molar-refractivity contribution >= 4 is 21.8 Å². The molecule has 0 saturated heterocycles. The number of aliphatic hydroxyl groups excluding tert-OH is 1. The Kier molecular flexibility index (Phi) is 4.23. The number of hydrogen-bond acceptors (Lipinski definition) is 2. The van der Waals surface area contributed by atoms with Crippen molar-refractivity contribution in [2.24, 2.45) is 5.92 Å². The lowest BCUT2D eigenvalue weighted by Gasteiger charge is -2.27. The number of aromatic nitrogens is 1. The van der Waals surface area contributed by atoms with Gasteiger partial charge in [0.25, 0.3) is 5.91 Å². The molecule has 1 aromatic rings. The molecule has 4 nitrogen and oxygen atoms in total. The lowest BCUT2D eigenvalue weighted by molar-refractivity contribution is 0.0662. The predicted octanol–water partition coefficient (Wildman–Crippen LogP) is 2.06. The Morgan fingerprint density at radius 2 is 2.29 bits per heavy atom. The van der Waals surface area contributed by atoms with E-state index in [0.29, 0.717) is 12.2 Å². The molecule has 2 unspecified atom stereocenters. The minimum absolute atomic E-state index is 0.117. The third-order valence-corrected chi connectivity index (χ3v) is 3.74. The van der Waals surface area contributed by atoms with Gasteiger partial charge in [-0.1, -0.05) is 12.8 Å². The van der Waals surface area contributed by atoms with Crippen molar-refractivity contribution in [3.05, 3.63) is 22.4 Å². The maximum Gasteiger partial charge on any atom is 0.267 e. The van der Waals surface area contributed by atoms with Crippen molar-refractivity contribution in [1.82, 2.24) is 10.3 Å². The summed E-state index contributed by atoms with van der Waals surface area (Å²) in [6, 6.07) is 1.74. The van der Waals surface area contributed by atoms with Crippen molar-refractivity contribution in [3.8, 4) is 0 Å². The summed E-state index contributed by atoms with van der Waals surface area (Å²) in [6.45, 7) is 0.552. The maximum atomic E-state index is 11.8. The number of aliphatic hydroxyl groups is 1. The first kappa shape index (κ1) is 12.6. The first-order chi connectivity index (χ1) is 8.16. The Bertz CT molecular complexity index is 392. The van der Waals surface area contributed by atoms with E-state index in [1.807, 2.05) is 0 Å². The highest BCUT2D eigenvalue weighted by atomic mass is 79.9. The lowest BCUT2D eigenvalue weighted by atomic mass is 9.86. The third kappa shape index (κ3) is 3.33. The van der Waals surface area contributed by atoms with Crippen LogP contribution < -0.4 is 5.32 Å². The normalized spacial score (nSPS) is 24.6. The fourth-order valence-corrected chi connectivity index (χ4v) is 2.59. The van der Waals surface area contributed by atoms with E-state index in [1.165, 1.54) is 0 Å². The van der Waals surface area contributed by atoms with Gasteiger partial charge in [0, 0.05) is 23.1 Å². The van der Waals surface area contributed by atoms with E-state index < -0.39 is 0 Å². The molecule has 1 fully saturated rings. The topological polar surface area (TPSA) is 65.1 Å². The summed E-state index contributed by atoms with van der Waals surface area (Å²) in [5.74, 6) is 0.0829. The SMILES string of the molecule is O=C(NCC1CCCCC1O)c1cc(Br)c[nH]1. The summed E-state index contributed by atoms with van der Waals surface area (Å²) in [6.07, 6.45) is 5.55. The third-order valence-electron chi connectivity index (χ3n) is 3.29. The van der Waals surface area contributed by atoms with E-state index in [2.05, 4.69) is 26.2 Å². The molecule has 5 heteroatoms. The molecule has 1 aliphatic rings. The summed E-state index contributed by atoms with van der Waals surface area (Å²) in [5, 5.41) is 12.7. The summed E-state index contributed by atoms with van der Waals surface area (Å²) in [4.78, 5) is 14.6. The van der Waals surface area contributed by atoms with Crippen LogP contribution in [-0.4, -0.2) is 28.6 Å². The molecule has 2 atom stereocenters. The van der Waals surface area contributed by atoms with Crippen LogP contribution in [0.25, 0.3) is 0 Å². The molecule has 0 aromatic carbocycles. The van der Waals surface area contributed by atoms with E-state index in [9.17, 15) is 9.90 Å². The molecule has 1 aromatic heterocycles. The van der Waals surface area contributed by atoms with E-state index >= 15 is 0 Å². The second kappa shape index (κ2) is 5.69. The van der Waals surface area contributed by atoms with Gasteiger partial charge in [0.2, 0.25) is 0 Å². The van der Waals surface area contributed by atoms with Crippen LogP contribution in [0.1, 0.15) is 36.2 Å². The van der Waals surface area contributed by atoms with Crippen LogP contribution in [0.5, 0.6) is 0 Å². The van der Waals surface area contributed by atoms with Gasteiger partial charge >= 0.3 is 0 Å². The van der Waals surface area contributed by atoms with E-state index in [0.717, 1.165) is 30.2 Å². The maximum absolute atomic E-state index is 11.8. The molecule has 1 amide bonds. The molecule has 1 heterocycles. The molecule has 0 radical (unpaired) electrons. The Labute approximate surface area is 109 Å². The standard InChI is InChI=1S/C12H17BrN2O2/c13-9-5-10(14-7-9)12(17)15-6-8-3-1-2-4-11(8)16/h5,7-8,11,14,16H,1-4,6H2,(H,15,17). The van der Waals surface area contributed by atoms with Crippen LogP contribution in [0, 0.1) is 5.92 Å². The molecule has 2 rings (SSSR count). The molecular formula is C12H17BrN2O2. The van der Waals surface area contributed by atoms with Crippen LogP contribution in [0.2, 0.25) is 0 Å².